The summed E-state index contributed by atoms with van der Waals surface area (Å²) in [6.07, 6.45) is 8.39. The molecule has 9 nitrogen and oxygen atoms in total. The van der Waals surface area contributed by atoms with Crippen molar-refractivity contribution in [2.75, 3.05) is 18.0 Å². The minimum absolute atomic E-state index is 0.0872. The quantitative estimate of drug-likeness (QED) is 0.669. The van der Waals surface area contributed by atoms with Gasteiger partial charge in [0, 0.05) is 25.7 Å². The highest BCUT2D eigenvalue weighted by atomic mass is 16.1. The standard InChI is InChI=1S/C19H22N8O/c28-19-5-4-17(27-13-20-12-21-27)24-26(19)11-14-6-8-25(9-7-14)18-10-15-2-1-3-16(15)22-23-18/h4-5,10,12-14H,1-3,6-9,11H2. The van der Waals surface area contributed by atoms with E-state index in [9.17, 15) is 4.79 Å². The molecule has 0 N–H and O–H groups in total. The molecule has 0 atom stereocenters. The maximum absolute atomic E-state index is 12.2. The molecule has 28 heavy (non-hydrogen) atoms. The van der Waals surface area contributed by atoms with Crippen LogP contribution in [0.3, 0.4) is 0 Å². The minimum atomic E-state index is -0.0872. The molecule has 0 bridgehead atoms. The smallest absolute Gasteiger partial charge is 0.266 e. The number of anilines is 1. The van der Waals surface area contributed by atoms with Crippen LogP contribution < -0.4 is 10.5 Å². The number of fused-ring (bicyclic) bond motifs is 1. The summed E-state index contributed by atoms with van der Waals surface area (Å²) >= 11 is 0. The van der Waals surface area contributed by atoms with Gasteiger partial charge in [0.05, 0.1) is 5.69 Å². The second kappa shape index (κ2) is 7.14. The molecule has 0 aromatic carbocycles. The van der Waals surface area contributed by atoms with Crippen molar-refractivity contribution in [3.05, 3.63) is 52.5 Å². The highest BCUT2D eigenvalue weighted by molar-refractivity contribution is 5.43. The first kappa shape index (κ1) is 17.0. The Bertz CT molecular complexity index is 1020. The molecule has 0 saturated carbocycles. The summed E-state index contributed by atoms with van der Waals surface area (Å²) in [6, 6.07) is 5.42. The average molecular weight is 378 g/mol. The third kappa shape index (κ3) is 3.28. The second-order valence-electron chi connectivity index (χ2n) is 7.51. The molecule has 144 valence electrons. The van der Waals surface area contributed by atoms with Crippen LogP contribution in [-0.2, 0) is 19.4 Å². The summed E-state index contributed by atoms with van der Waals surface area (Å²) in [6.45, 7) is 2.47. The predicted molar refractivity (Wildman–Crippen MR) is 102 cm³/mol. The molecule has 0 amide bonds. The average Bonchev–Trinajstić information content (AvgIpc) is 3.41. The molecule has 1 aliphatic heterocycles. The zero-order valence-corrected chi connectivity index (χ0v) is 15.6. The van der Waals surface area contributed by atoms with Gasteiger partial charge in [-0.1, -0.05) is 0 Å². The van der Waals surface area contributed by atoms with Gasteiger partial charge in [0.25, 0.3) is 5.56 Å². The zero-order valence-electron chi connectivity index (χ0n) is 15.6. The van der Waals surface area contributed by atoms with Gasteiger partial charge in [-0.05, 0) is 55.7 Å². The number of hydrogen-bond acceptors (Lipinski definition) is 7. The van der Waals surface area contributed by atoms with Crippen molar-refractivity contribution in [3.8, 4) is 5.82 Å². The third-order valence-corrected chi connectivity index (χ3v) is 5.68. The second-order valence-corrected chi connectivity index (χ2v) is 7.51. The number of aryl methyl sites for hydroxylation is 2. The van der Waals surface area contributed by atoms with Crippen LogP contribution >= 0.6 is 0 Å². The Morgan fingerprint density at radius 2 is 1.96 bits per heavy atom. The van der Waals surface area contributed by atoms with Gasteiger partial charge in [0.1, 0.15) is 12.7 Å². The SMILES string of the molecule is O=c1ccc(-n2cncn2)nn1CC1CCN(c2cc3c(nn2)CCC3)CC1. The van der Waals surface area contributed by atoms with Crippen LogP contribution in [0, 0.1) is 5.92 Å². The highest BCUT2D eigenvalue weighted by Crippen LogP contribution is 2.26. The Balaban J connectivity index is 1.25. The van der Waals surface area contributed by atoms with E-state index in [0.29, 0.717) is 18.3 Å². The lowest BCUT2D eigenvalue weighted by atomic mass is 9.97. The molecular formula is C19H22N8O. The Kier molecular flexibility index (Phi) is 4.34. The normalized spacial score (nSPS) is 17.1. The lowest BCUT2D eigenvalue weighted by molar-refractivity contribution is 0.333. The molecule has 3 aromatic rings. The van der Waals surface area contributed by atoms with E-state index in [0.717, 1.165) is 50.3 Å². The van der Waals surface area contributed by atoms with E-state index >= 15 is 0 Å². The monoisotopic (exact) mass is 378 g/mol. The van der Waals surface area contributed by atoms with Crippen LogP contribution in [0.5, 0.6) is 0 Å². The van der Waals surface area contributed by atoms with Crippen LogP contribution in [0.1, 0.15) is 30.5 Å². The number of hydrogen-bond donors (Lipinski definition) is 0. The van der Waals surface area contributed by atoms with Gasteiger partial charge < -0.3 is 4.90 Å². The summed E-state index contributed by atoms with van der Waals surface area (Å²) in [4.78, 5) is 18.5. The summed E-state index contributed by atoms with van der Waals surface area (Å²) in [5, 5.41) is 17.4. The molecule has 2 aliphatic rings. The first-order chi connectivity index (χ1) is 13.8. The van der Waals surface area contributed by atoms with Crippen molar-refractivity contribution in [1.82, 2.24) is 34.7 Å². The molecule has 1 fully saturated rings. The highest BCUT2D eigenvalue weighted by Gasteiger charge is 2.23. The van der Waals surface area contributed by atoms with Gasteiger partial charge in [-0.25, -0.2) is 14.3 Å². The number of nitrogens with zero attached hydrogens (tertiary/aromatic N) is 8. The Hall–Kier alpha value is -3.10. The molecule has 1 aliphatic carbocycles. The van der Waals surface area contributed by atoms with Crippen LogP contribution in [0.15, 0.2) is 35.6 Å². The summed E-state index contributed by atoms with van der Waals surface area (Å²) in [5.74, 6) is 2.00. The van der Waals surface area contributed by atoms with E-state index in [2.05, 4.69) is 36.3 Å². The van der Waals surface area contributed by atoms with Crippen molar-refractivity contribution in [2.45, 2.75) is 38.6 Å². The van der Waals surface area contributed by atoms with Gasteiger partial charge in [-0.15, -0.1) is 10.2 Å². The molecule has 0 unspecified atom stereocenters. The van der Waals surface area contributed by atoms with Gasteiger partial charge in [-0.3, -0.25) is 4.79 Å². The molecule has 0 spiro atoms. The van der Waals surface area contributed by atoms with E-state index in [1.54, 1.807) is 27.8 Å². The Labute approximate surface area is 162 Å². The molecule has 3 aromatic heterocycles. The maximum atomic E-state index is 12.2. The van der Waals surface area contributed by atoms with E-state index in [1.165, 1.54) is 18.3 Å². The first-order valence-electron chi connectivity index (χ1n) is 9.80. The van der Waals surface area contributed by atoms with Crippen molar-refractivity contribution in [2.24, 2.45) is 5.92 Å². The van der Waals surface area contributed by atoms with Gasteiger partial charge >= 0.3 is 0 Å². The molecule has 5 rings (SSSR count). The number of rotatable bonds is 4. The van der Waals surface area contributed by atoms with Crippen molar-refractivity contribution in [3.63, 3.8) is 0 Å². The predicted octanol–water partition coefficient (Wildman–Crippen LogP) is 1.02. The fourth-order valence-electron chi connectivity index (χ4n) is 4.08. The molecule has 4 heterocycles. The van der Waals surface area contributed by atoms with Crippen molar-refractivity contribution < 1.29 is 0 Å². The van der Waals surface area contributed by atoms with Crippen LogP contribution in [0.2, 0.25) is 0 Å². The van der Waals surface area contributed by atoms with E-state index in [-0.39, 0.29) is 5.56 Å². The van der Waals surface area contributed by atoms with E-state index < -0.39 is 0 Å². The van der Waals surface area contributed by atoms with E-state index in [4.69, 9.17) is 0 Å². The lowest BCUT2D eigenvalue weighted by Gasteiger charge is -2.32. The molecular weight excluding hydrogens is 356 g/mol. The topological polar surface area (TPSA) is 94.6 Å². The number of aromatic nitrogens is 7. The van der Waals surface area contributed by atoms with Crippen LogP contribution in [-0.4, -0.2) is 47.8 Å². The fraction of sp³-hybridized carbons (Fsp3) is 0.474. The first-order valence-corrected chi connectivity index (χ1v) is 9.80. The summed E-state index contributed by atoms with van der Waals surface area (Å²) in [5.41, 5.74) is 2.43. The maximum Gasteiger partial charge on any atom is 0.266 e. The minimum Gasteiger partial charge on any atom is -0.355 e. The number of piperidine rings is 1. The summed E-state index contributed by atoms with van der Waals surface area (Å²) in [7, 11) is 0. The van der Waals surface area contributed by atoms with Gasteiger partial charge in [-0.2, -0.15) is 10.2 Å². The largest absolute Gasteiger partial charge is 0.355 e. The Morgan fingerprint density at radius 3 is 2.79 bits per heavy atom. The van der Waals surface area contributed by atoms with Crippen LogP contribution in [0.25, 0.3) is 5.82 Å². The van der Waals surface area contributed by atoms with E-state index in [1.807, 2.05) is 0 Å². The van der Waals surface area contributed by atoms with Crippen molar-refractivity contribution in [1.29, 1.82) is 0 Å². The van der Waals surface area contributed by atoms with Crippen LogP contribution in [0.4, 0.5) is 5.82 Å². The molecule has 9 heteroatoms. The van der Waals surface area contributed by atoms with Crippen molar-refractivity contribution >= 4 is 5.82 Å². The van der Waals surface area contributed by atoms with Gasteiger partial charge in [0.2, 0.25) is 0 Å². The molecule has 1 saturated heterocycles. The fourth-order valence-corrected chi connectivity index (χ4v) is 4.08. The third-order valence-electron chi connectivity index (χ3n) is 5.68. The zero-order chi connectivity index (χ0) is 18.9. The summed E-state index contributed by atoms with van der Waals surface area (Å²) < 4.78 is 3.11. The Morgan fingerprint density at radius 1 is 1.07 bits per heavy atom. The molecule has 0 radical (unpaired) electrons. The lowest BCUT2D eigenvalue weighted by Crippen LogP contribution is -2.37. The van der Waals surface area contributed by atoms with Gasteiger partial charge in [0.15, 0.2) is 11.6 Å².